The van der Waals surface area contributed by atoms with Crippen molar-refractivity contribution < 1.29 is 33.8 Å². The summed E-state index contributed by atoms with van der Waals surface area (Å²) in [6.07, 6.45) is 0. The molecule has 426 valence electrons. The van der Waals surface area contributed by atoms with Gasteiger partial charge >= 0.3 is 0 Å². The molecular formula is C64H56BrCl3N4O7S4. The fourth-order valence-electron chi connectivity index (χ4n) is 6.50. The maximum atomic E-state index is 11.5. The summed E-state index contributed by atoms with van der Waals surface area (Å²) in [5.41, 5.74) is 14.4. The predicted molar refractivity (Wildman–Crippen MR) is 349 cm³/mol. The largest absolute Gasteiger partial charge is 0.508 e. The van der Waals surface area contributed by atoms with Crippen molar-refractivity contribution in [3.05, 3.63) is 250 Å². The monoisotopic (exact) mass is 1300 g/mol. The number of hydrogen-bond donors (Lipinski definition) is 2. The number of phenolic OH excluding ortho intramolecular Hbond substituents is 1. The van der Waals surface area contributed by atoms with E-state index < -0.39 is 0 Å². The molecule has 0 spiro atoms. The summed E-state index contributed by atoms with van der Waals surface area (Å²) < 4.78 is 11.4. The highest BCUT2D eigenvalue weighted by Gasteiger charge is 2.09. The number of ketones is 4. The first kappa shape index (κ1) is 66.5. The summed E-state index contributed by atoms with van der Waals surface area (Å²) in [4.78, 5) is 57.4. The van der Waals surface area contributed by atoms with Crippen LogP contribution in [0.3, 0.4) is 0 Å². The van der Waals surface area contributed by atoms with Crippen molar-refractivity contribution in [1.82, 2.24) is 15.0 Å². The van der Waals surface area contributed by atoms with Gasteiger partial charge in [0.15, 0.2) is 23.1 Å². The van der Waals surface area contributed by atoms with E-state index in [9.17, 15) is 19.2 Å². The number of aromatic hydroxyl groups is 1. The third-order valence-corrected chi connectivity index (χ3v) is 15.3. The maximum absolute atomic E-state index is 11.5. The molecule has 10 aromatic rings. The lowest BCUT2D eigenvalue weighted by molar-refractivity contribution is -0.114. The fraction of sp³-hybridized carbons (Fsp3) is 0.125. The molecule has 0 aliphatic rings. The number of phenols is 1. The zero-order valence-electron chi connectivity index (χ0n) is 44.9. The van der Waals surface area contributed by atoms with Gasteiger partial charge in [-0.2, -0.15) is 0 Å². The smallest absolute Gasteiger partial charge is 0.173 e. The number of nitrogens with two attached hydrogens (primary N) is 1. The third kappa shape index (κ3) is 24.2. The van der Waals surface area contributed by atoms with Gasteiger partial charge < -0.3 is 20.3 Å². The van der Waals surface area contributed by atoms with Gasteiger partial charge in [-0.25, -0.2) is 15.0 Å². The summed E-state index contributed by atoms with van der Waals surface area (Å²) >= 11 is 28.5. The van der Waals surface area contributed by atoms with Crippen LogP contribution in [0.4, 0.5) is 0 Å². The van der Waals surface area contributed by atoms with Crippen molar-refractivity contribution in [1.29, 1.82) is 0 Å². The molecule has 0 aliphatic carbocycles. The highest BCUT2D eigenvalue weighted by atomic mass is 79.9. The van der Waals surface area contributed by atoms with E-state index in [1.807, 2.05) is 125 Å². The van der Waals surface area contributed by atoms with Crippen LogP contribution < -0.4 is 15.2 Å². The van der Waals surface area contributed by atoms with Crippen LogP contribution in [0, 0.1) is 0 Å². The van der Waals surface area contributed by atoms with Crippen molar-refractivity contribution >= 4 is 125 Å². The average Bonchev–Trinajstić information content (AvgIpc) is 4.35. The molecular weight excluding hydrogens is 1250 g/mol. The number of nitrogens with zero attached hydrogens (tertiary/aromatic N) is 3. The second kappa shape index (κ2) is 37.1. The van der Waals surface area contributed by atoms with Crippen LogP contribution in [0.15, 0.2) is 210 Å². The number of halogens is 4. The molecule has 0 saturated heterocycles. The van der Waals surface area contributed by atoms with Crippen molar-refractivity contribution in [3.8, 4) is 49.0 Å². The van der Waals surface area contributed by atoms with Crippen LogP contribution in [0.5, 0.6) is 17.2 Å². The Balaban J connectivity index is 0.000000193. The molecule has 3 heterocycles. The number of rotatable bonds is 17. The molecule has 10 rings (SSSR count). The lowest BCUT2D eigenvalue weighted by Gasteiger charge is -2.05. The number of Topliss-reactive ketones (excluding diaryl/α,β-unsaturated/α-hetero) is 4. The van der Waals surface area contributed by atoms with Gasteiger partial charge in [0.05, 0.1) is 40.1 Å². The van der Waals surface area contributed by atoms with E-state index in [2.05, 4.69) is 43.0 Å². The summed E-state index contributed by atoms with van der Waals surface area (Å²) in [5.74, 6) is 2.20. The molecule has 0 bridgehead atoms. The molecule has 3 aromatic heterocycles. The van der Waals surface area contributed by atoms with Gasteiger partial charge in [-0.15, -0.1) is 68.8 Å². The Morgan fingerprint density at radius 1 is 0.494 bits per heavy atom. The molecule has 0 unspecified atom stereocenters. The van der Waals surface area contributed by atoms with Crippen LogP contribution in [0.1, 0.15) is 67.6 Å². The van der Waals surface area contributed by atoms with Gasteiger partial charge in [-0.05, 0) is 86.6 Å². The van der Waals surface area contributed by atoms with Crippen LogP contribution in [0.2, 0.25) is 0 Å². The van der Waals surface area contributed by atoms with E-state index in [1.165, 1.54) is 19.1 Å². The number of hydrogen-bond acceptors (Lipinski definition) is 14. The van der Waals surface area contributed by atoms with Crippen LogP contribution in [-0.2, 0) is 23.9 Å². The normalized spacial score (nSPS) is 9.95. The lowest BCUT2D eigenvalue weighted by Crippen LogP contribution is -2.08. The van der Waals surface area contributed by atoms with E-state index in [0.29, 0.717) is 46.1 Å². The Kier molecular flexibility index (Phi) is 29.7. The van der Waals surface area contributed by atoms with E-state index in [-0.39, 0.29) is 40.6 Å². The number of aromatic nitrogens is 3. The highest BCUT2D eigenvalue weighted by molar-refractivity contribution is 9.09. The van der Waals surface area contributed by atoms with E-state index in [1.54, 1.807) is 102 Å². The minimum atomic E-state index is -0.127. The van der Waals surface area contributed by atoms with Crippen LogP contribution >= 0.6 is 97.0 Å². The van der Waals surface area contributed by atoms with Crippen molar-refractivity contribution in [3.63, 3.8) is 0 Å². The van der Waals surface area contributed by atoms with E-state index >= 15 is 0 Å². The Hall–Kier alpha value is -7.25. The first-order valence-electron chi connectivity index (χ1n) is 25.1. The van der Waals surface area contributed by atoms with Crippen molar-refractivity contribution in [2.24, 2.45) is 5.73 Å². The molecule has 83 heavy (non-hydrogen) atoms. The molecule has 11 nitrogen and oxygen atoms in total. The average molecular weight is 1310 g/mol. The Bertz CT molecular complexity index is 3540. The molecule has 0 amide bonds. The Morgan fingerprint density at radius 2 is 0.831 bits per heavy atom. The van der Waals surface area contributed by atoms with Gasteiger partial charge in [-0.1, -0.05) is 149 Å². The maximum Gasteiger partial charge on any atom is 0.173 e. The number of carbonyl (C=O) groups is 4. The van der Waals surface area contributed by atoms with Gasteiger partial charge in [0, 0.05) is 55.1 Å². The molecule has 0 aliphatic heterocycles. The van der Waals surface area contributed by atoms with Crippen LogP contribution in [0.25, 0.3) is 31.7 Å². The van der Waals surface area contributed by atoms with Gasteiger partial charge in [0.2, 0.25) is 0 Å². The van der Waals surface area contributed by atoms with Gasteiger partial charge in [0.25, 0.3) is 0 Å². The summed E-state index contributed by atoms with van der Waals surface area (Å²) in [7, 11) is 0. The Morgan fingerprint density at radius 3 is 1.13 bits per heavy atom. The number of carbonyl (C=O) groups excluding carboxylic acids is 4. The molecule has 0 atom stereocenters. The summed E-state index contributed by atoms with van der Waals surface area (Å²) in [5, 5.41) is 18.2. The number of benzene rings is 7. The second-order valence-electron chi connectivity index (χ2n) is 17.0. The SMILES string of the molecule is CC(=O)c1ccc(O)cc1.CC(=O)c1ccc(OCc2csc(-c3ccccc3)n2)cc1.ClCc1csc(-c2ccccc2)n1.NC(=S)c1ccccc1.O=C(CBr)c1ccc(OCc2csc(-c3ccccc3)n2)cc1.O=C(CCl)CCl. The van der Waals surface area contributed by atoms with Crippen molar-refractivity contribution in [2.75, 3.05) is 17.1 Å². The minimum absolute atomic E-state index is 0.0139. The topological polar surface area (TPSA) is 172 Å². The summed E-state index contributed by atoms with van der Waals surface area (Å²) in [6, 6.07) is 60.3. The standard InChI is InChI=1S/C18H14BrNO2S.C18H15NO2S.C10H8ClNS.C8H8O2.C7H7NS.C3H4Cl2O/c19-10-17(21)13-6-8-16(9-7-13)22-11-15-12-23-18(20-15)14-4-2-1-3-5-14;1-13(20)14-7-9-17(10-8-14)21-11-16-12-22-18(19-16)15-5-3-2-4-6-15;11-6-9-7-13-10(12-9)8-4-2-1-3-5-8;1-6(9)7-2-4-8(10)5-3-7;8-7(9)6-4-2-1-3-5-6;4-1-3(6)2-5/h1-9,12H,10-11H2;2-10,12H,11H2,1H3;1-5,7H,6H2;2-5,10H,1H3;1-5H,(H2,8,9);1-2H2. The number of thiocarbonyl (C=S) groups is 1. The molecule has 0 saturated carbocycles. The summed E-state index contributed by atoms with van der Waals surface area (Å²) in [6.45, 7) is 3.88. The quantitative estimate of drug-likeness (QED) is 0.0503. The number of alkyl halides is 4. The molecule has 19 heteroatoms. The lowest BCUT2D eigenvalue weighted by atomic mass is 10.1. The first-order valence-corrected chi connectivity index (χ1v) is 30.9. The molecule has 3 N–H and O–H groups in total. The van der Waals surface area contributed by atoms with Crippen LogP contribution in [-0.4, -0.2) is 65.3 Å². The Labute approximate surface area is 523 Å². The van der Waals surface area contributed by atoms with E-state index in [4.69, 9.17) is 67.3 Å². The van der Waals surface area contributed by atoms with Gasteiger partial charge in [-0.3, -0.25) is 19.2 Å². The first-order chi connectivity index (χ1) is 40.2. The molecule has 7 aromatic carbocycles. The predicted octanol–water partition coefficient (Wildman–Crippen LogP) is 17.1. The minimum Gasteiger partial charge on any atom is -0.508 e. The second-order valence-corrected chi connectivity index (χ2v) is 21.4. The highest BCUT2D eigenvalue weighted by Crippen LogP contribution is 2.27. The fourth-order valence-corrected chi connectivity index (χ4v) is 9.92. The van der Waals surface area contributed by atoms with Gasteiger partial charge in [0.1, 0.15) is 50.5 Å². The zero-order chi connectivity index (χ0) is 59.8. The number of thiazole rings is 3. The third-order valence-electron chi connectivity index (χ3n) is 10.8. The zero-order valence-corrected chi connectivity index (χ0v) is 52.0. The van der Waals surface area contributed by atoms with E-state index in [0.717, 1.165) is 65.9 Å². The molecule has 0 radical (unpaired) electrons. The number of ether oxygens (including phenoxy) is 2. The molecule has 0 fully saturated rings. The van der Waals surface area contributed by atoms with Crippen molar-refractivity contribution in [2.45, 2.75) is 32.9 Å².